The van der Waals surface area contributed by atoms with Gasteiger partial charge in [0.15, 0.2) is 5.96 Å². The molecule has 1 aliphatic rings. The second-order valence-corrected chi connectivity index (χ2v) is 6.90. The monoisotopic (exact) mass is 477 g/mol. The molecule has 0 amide bonds. The van der Waals surface area contributed by atoms with Crippen LogP contribution in [-0.2, 0) is 19.4 Å². The molecule has 1 aromatic heterocycles. The number of piperidine rings is 1. The summed E-state index contributed by atoms with van der Waals surface area (Å²) in [6.45, 7) is 11.2. The van der Waals surface area contributed by atoms with E-state index in [1.807, 2.05) is 0 Å². The number of aliphatic imine (C=N–C) groups is 1. The minimum absolute atomic E-state index is 0. The maximum atomic E-state index is 5.43. The van der Waals surface area contributed by atoms with Gasteiger partial charge in [-0.3, -0.25) is 0 Å². The van der Waals surface area contributed by atoms with Crippen LogP contribution in [-0.4, -0.2) is 49.2 Å². The molecular weight excluding hydrogens is 441 g/mol. The Bertz CT molecular complexity index is 517. The van der Waals surface area contributed by atoms with Crippen molar-refractivity contribution in [2.75, 3.05) is 33.2 Å². The van der Waals surface area contributed by atoms with Crippen molar-refractivity contribution < 1.29 is 4.52 Å². The summed E-state index contributed by atoms with van der Waals surface area (Å²) in [6.07, 6.45) is 5.58. The van der Waals surface area contributed by atoms with E-state index in [1.54, 1.807) is 0 Å². The Hall–Kier alpha value is -0.830. The highest BCUT2D eigenvalue weighted by Crippen LogP contribution is 2.19. The van der Waals surface area contributed by atoms with Crippen molar-refractivity contribution in [3.63, 3.8) is 0 Å². The highest BCUT2D eigenvalue weighted by atomic mass is 127. The number of aromatic nitrogens is 1. The fourth-order valence-corrected chi connectivity index (χ4v) is 3.36. The zero-order valence-corrected chi connectivity index (χ0v) is 19.1. The molecule has 1 saturated heterocycles. The molecule has 7 heteroatoms. The highest BCUT2D eigenvalue weighted by molar-refractivity contribution is 14.0. The smallest absolute Gasteiger partial charge is 0.191 e. The second kappa shape index (κ2) is 12.5. The van der Waals surface area contributed by atoms with Crippen molar-refractivity contribution >= 4 is 29.9 Å². The Morgan fingerprint density at radius 3 is 2.54 bits per heavy atom. The Labute approximate surface area is 175 Å². The summed E-state index contributed by atoms with van der Waals surface area (Å²) in [5.41, 5.74) is 2.18. The van der Waals surface area contributed by atoms with Gasteiger partial charge in [-0.15, -0.1) is 24.0 Å². The van der Waals surface area contributed by atoms with Gasteiger partial charge in [0, 0.05) is 25.1 Å². The lowest BCUT2D eigenvalue weighted by Gasteiger charge is -2.29. The van der Waals surface area contributed by atoms with Gasteiger partial charge in [-0.25, -0.2) is 4.99 Å². The van der Waals surface area contributed by atoms with Crippen LogP contribution in [0.3, 0.4) is 0 Å². The van der Waals surface area contributed by atoms with Gasteiger partial charge in [-0.1, -0.05) is 19.0 Å². The van der Waals surface area contributed by atoms with E-state index >= 15 is 0 Å². The second-order valence-electron chi connectivity index (χ2n) is 6.90. The molecule has 1 aromatic rings. The van der Waals surface area contributed by atoms with Gasteiger partial charge in [-0.05, 0) is 58.7 Å². The number of nitrogens with one attached hydrogen (secondary N) is 2. The topological polar surface area (TPSA) is 65.7 Å². The largest absolute Gasteiger partial charge is 0.361 e. The summed E-state index contributed by atoms with van der Waals surface area (Å²) in [5, 5.41) is 11.0. The van der Waals surface area contributed by atoms with Gasteiger partial charge in [-0.2, -0.15) is 0 Å². The lowest BCUT2D eigenvalue weighted by Crippen LogP contribution is -2.39. The number of rotatable bonds is 8. The first-order valence-electron chi connectivity index (χ1n) is 9.84. The van der Waals surface area contributed by atoms with E-state index in [9.17, 15) is 0 Å². The lowest BCUT2D eigenvalue weighted by atomic mass is 9.94. The lowest BCUT2D eigenvalue weighted by molar-refractivity contribution is 0.213. The number of halogens is 1. The van der Waals surface area contributed by atoms with Crippen LogP contribution in [0.4, 0.5) is 0 Å². The predicted octanol–water partition coefficient (Wildman–Crippen LogP) is 3.20. The summed E-state index contributed by atoms with van der Waals surface area (Å²) in [6, 6.07) is 0. The third-order valence-electron chi connectivity index (χ3n) is 5.03. The zero-order valence-electron chi connectivity index (χ0n) is 16.8. The number of likely N-dealkylation sites (tertiary alicyclic amines) is 1. The van der Waals surface area contributed by atoms with Crippen molar-refractivity contribution in [1.29, 1.82) is 0 Å². The number of aryl methyl sites for hydroxylation is 2. The van der Waals surface area contributed by atoms with Gasteiger partial charge in [0.1, 0.15) is 5.76 Å². The van der Waals surface area contributed by atoms with E-state index in [4.69, 9.17) is 9.52 Å². The van der Waals surface area contributed by atoms with E-state index in [-0.39, 0.29) is 24.0 Å². The molecule has 150 valence electrons. The Balaban J connectivity index is 0.00000338. The maximum Gasteiger partial charge on any atom is 0.191 e. The van der Waals surface area contributed by atoms with Crippen molar-refractivity contribution in [1.82, 2.24) is 20.7 Å². The van der Waals surface area contributed by atoms with Crippen LogP contribution in [0.15, 0.2) is 9.52 Å². The quantitative estimate of drug-likeness (QED) is 0.342. The van der Waals surface area contributed by atoms with Crippen LogP contribution in [0.1, 0.15) is 57.1 Å². The average molecular weight is 477 g/mol. The molecule has 0 atom stereocenters. The third kappa shape index (κ3) is 7.06. The third-order valence-corrected chi connectivity index (χ3v) is 5.03. The standard InChI is InChI=1S/C19H35N5O.HI/c1-5-17-16(18(6-2)25-23-17)14-22-19(20-7-3)21-11-8-15-9-12-24(4)13-10-15;/h15H,5-14H2,1-4H3,(H2,20,21,22);1H. The summed E-state index contributed by atoms with van der Waals surface area (Å²) >= 11 is 0. The van der Waals surface area contributed by atoms with E-state index in [0.717, 1.165) is 54.8 Å². The molecule has 0 radical (unpaired) electrons. The molecule has 26 heavy (non-hydrogen) atoms. The van der Waals surface area contributed by atoms with E-state index in [2.05, 4.69) is 48.5 Å². The molecule has 0 aromatic carbocycles. The van der Waals surface area contributed by atoms with Crippen LogP contribution in [0, 0.1) is 5.92 Å². The summed E-state index contributed by atoms with van der Waals surface area (Å²) in [5.74, 6) is 2.69. The molecule has 0 unspecified atom stereocenters. The minimum atomic E-state index is 0. The summed E-state index contributed by atoms with van der Waals surface area (Å²) < 4.78 is 5.43. The molecule has 0 spiro atoms. The summed E-state index contributed by atoms with van der Waals surface area (Å²) in [4.78, 5) is 7.18. The van der Waals surface area contributed by atoms with Crippen LogP contribution in [0.5, 0.6) is 0 Å². The molecular formula is C19H36IN5O. The van der Waals surface area contributed by atoms with Crippen molar-refractivity contribution in [2.24, 2.45) is 10.9 Å². The summed E-state index contributed by atoms with van der Waals surface area (Å²) in [7, 11) is 2.21. The first kappa shape index (κ1) is 23.2. The Morgan fingerprint density at radius 1 is 1.19 bits per heavy atom. The van der Waals surface area contributed by atoms with Gasteiger partial charge in [0.2, 0.25) is 0 Å². The molecule has 2 rings (SSSR count). The van der Waals surface area contributed by atoms with Crippen LogP contribution in [0.2, 0.25) is 0 Å². The Kier molecular flexibility index (Phi) is 11.2. The normalized spacial score (nSPS) is 16.4. The van der Waals surface area contributed by atoms with Gasteiger partial charge >= 0.3 is 0 Å². The number of hydrogen-bond acceptors (Lipinski definition) is 4. The van der Waals surface area contributed by atoms with E-state index in [0.29, 0.717) is 6.54 Å². The van der Waals surface area contributed by atoms with Crippen molar-refractivity contribution in [3.05, 3.63) is 17.0 Å². The molecule has 6 nitrogen and oxygen atoms in total. The fourth-order valence-electron chi connectivity index (χ4n) is 3.36. The minimum Gasteiger partial charge on any atom is -0.361 e. The van der Waals surface area contributed by atoms with Gasteiger partial charge < -0.3 is 20.1 Å². The van der Waals surface area contributed by atoms with E-state index < -0.39 is 0 Å². The van der Waals surface area contributed by atoms with Crippen molar-refractivity contribution in [2.45, 2.75) is 59.4 Å². The molecule has 0 aliphatic carbocycles. The van der Waals surface area contributed by atoms with Crippen LogP contribution < -0.4 is 10.6 Å². The van der Waals surface area contributed by atoms with Crippen LogP contribution >= 0.6 is 24.0 Å². The molecule has 2 N–H and O–H groups in total. The molecule has 1 fully saturated rings. The van der Waals surface area contributed by atoms with E-state index in [1.165, 1.54) is 32.4 Å². The van der Waals surface area contributed by atoms with Gasteiger partial charge in [0.25, 0.3) is 0 Å². The Morgan fingerprint density at radius 2 is 1.92 bits per heavy atom. The number of guanidine groups is 1. The molecule has 0 bridgehead atoms. The van der Waals surface area contributed by atoms with Gasteiger partial charge in [0.05, 0.1) is 12.2 Å². The fraction of sp³-hybridized carbons (Fsp3) is 0.789. The maximum absolute atomic E-state index is 5.43. The first-order chi connectivity index (χ1) is 12.2. The molecule has 1 aliphatic heterocycles. The molecule has 2 heterocycles. The number of hydrogen-bond donors (Lipinski definition) is 2. The highest BCUT2D eigenvalue weighted by Gasteiger charge is 2.16. The predicted molar refractivity (Wildman–Crippen MR) is 118 cm³/mol. The first-order valence-corrected chi connectivity index (χ1v) is 9.84. The van der Waals surface area contributed by atoms with Crippen molar-refractivity contribution in [3.8, 4) is 0 Å². The SMILES string of the molecule is CCNC(=NCc1c(CC)noc1CC)NCCC1CCN(C)CC1.I. The zero-order chi connectivity index (χ0) is 18.1. The average Bonchev–Trinajstić information content (AvgIpc) is 3.03. The molecule has 0 saturated carbocycles. The number of nitrogens with zero attached hydrogens (tertiary/aromatic N) is 3. The van der Waals surface area contributed by atoms with Crippen LogP contribution in [0.25, 0.3) is 0 Å².